The van der Waals surface area contributed by atoms with Crippen molar-refractivity contribution in [1.29, 1.82) is 0 Å². The fourth-order valence-corrected chi connectivity index (χ4v) is 5.38. The lowest BCUT2D eigenvalue weighted by Gasteiger charge is -2.36. The van der Waals surface area contributed by atoms with E-state index in [0.717, 1.165) is 5.56 Å². The fourth-order valence-electron chi connectivity index (χ4n) is 3.73. The van der Waals surface area contributed by atoms with Gasteiger partial charge in [0.1, 0.15) is 0 Å². The van der Waals surface area contributed by atoms with E-state index in [2.05, 4.69) is 10.3 Å². The standard InChI is InChI=1S/C21H30N4O4S/c1-5-25(30(27,28)20-13-24(4)14-22-20)18-10-11-29-19(12-18)16-6-8-17(9-7-16)21(26)23-15(2)3/h6-9,13-15,18-19H,5,10-12H2,1-4H3,(H,23,26)/t18-,19+/m1/s1. The molecule has 1 N–H and O–H groups in total. The summed E-state index contributed by atoms with van der Waals surface area (Å²) in [5, 5.41) is 2.94. The van der Waals surface area contributed by atoms with Crippen LogP contribution in [0.3, 0.4) is 0 Å². The Morgan fingerprint density at radius 2 is 2.03 bits per heavy atom. The molecule has 8 nitrogen and oxygen atoms in total. The Labute approximate surface area is 178 Å². The van der Waals surface area contributed by atoms with Crippen LogP contribution in [0.1, 0.15) is 55.6 Å². The Kier molecular flexibility index (Phi) is 6.95. The molecule has 0 saturated carbocycles. The molecule has 0 unspecified atom stereocenters. The van der Waals surface area contributed by atoms with Crippen LogP contribution < -0.4 is 5.32 Å². The molecule has 2 atom stereocenters. The molecular weight excluding hydrogens is 404 g/mol. The van der Waals surface area contributed by atoms with Crippen LogP contribution in [0.15, 0.2) is 41.8 Å². The number of amides is 1. The van der Waals surface area contributed by atoms with Crippen molar-refractivity contribution in [3.63, 3.8) is 0 Å². The largest absolute Gasteiger partial charge is 0.373 e. The van der Waals surface area contributed by atoms with Gasteiger partial charge < -0.3 is 14.6 Å². The van der Waals surface area contributed by atoms with Crippen molar-refractivity contribution < 1.29 is 17.9 Å². The maximum atomic E-state index is 13.1. The molecule has 1 aliphatic rings. The maximum absolute atomic E-state index is 13.1. The van der Waals surface area contributed by atoms with E-state index >= 15 is 0 Å². The van der Waals surface area contributed by atoms with Crippen molar-refractivity contribution in [2.24, 2.45) is 7.05 Å². The summed E-state index contributed by atoms with van der Waals surface area (Å²) in [4.78, 5) is 16.2. The predicted octanol–water partition coefficient (Wildman–Crippen LogP) is 2.49. The van der Waals surface area contributed by atoms with Gasteiger partial charge >= 0.3 is 0 Å². The third-order valence-electron chi connectivity index (χ3n) is 5.19. The van der Waals surface area contributed by atoms with Gasteiger partial charge in [-0.05, 0) is 44.4 Å². The number of carbonyl (C=O) groups is 1. The molecule has 0 radical (unpaired) electrons. The van der Waals surface area contributed by atoms with E-state index in [1.807, 2.05) is 32.9 Å². The number of aromatic nitrogens is 2. The predicted molar refractivity (Wildman–Crippen MR) is 114 cm³/mol. The van der Waals surface area contributed by atoms with E-state index in [9.17, 15) is 13.2 Å². The molecule has 3 rings (SSSR count). The number of nitrogens with zero attached hydrogens (tertiary/aromatic N) is 3. The van der Waals surface area contributed by atoms with Gasteiger partial charge in [0.05, 0.1) is 12.4 Å². The van der Waals surface area contributed by atoms with E-state index in [-0.39, 0.29) is 29.1 Å². The first-order valence-corrected chi connectivity index (χ1v) is 11.7. The first-order valence-electron chi connectivity index (χ1n) is 10.2. The number of ether oxygens (including phenoxy) is 1. The lowest BCUT2D eigenvalue weighted by atomic mass is 9.96. The molecule has 1 fully saturated rings. The zero-order valence-corrected chi connectivity index (χ0v) is 18.7. The van der Waals surface area contributed by atoms with Gasteiger partial charge in [-0.25, -0.2) is 13.4 Å². The van der Waals surface area contributed by atoms with E-state index in [1.165, 1.54) is 16.8 Å². The molecular formula is C21H30N4O4S. The molecule has 1 saturated heterocycles. The quantitative estimate of drug-likeness (QED) is 0.723. The van der Waals surface area contributed by atoms with Crippen molar-refractivity contribution in [3.05, 3.63) is 47.9 Å². The molecule has 1 aromatic heterocycles. The second kappa shape index (κ2) is 9.28. The van der Waals surface area contributed by atoms with Crippen LogP contribution in [-0.4, -0.2) is 53.4 Å². The molecule has 30 heavy (non-hydrogen) atoms. The second-order valence-electron chi connectivity index (χ2n) is 7.87. The second-order valence-corrected chi connectivity index (χ2v) is 9.71. The fraction of sp³-hybridized carbons (Fsp3) is 0.524. The molecule has 0 aliphatic carbocycles. The first-order chi connectivity index (χ1) is 14.2. The molecule has 2 heterocycles. The molecule has 1 aromatic carbocycles. The average molecular weight is 435 g/mol. The molecule has 2 aromatic rings. The van der Waals surface area contributed by atoms with Gasteiger partial charge in [-0.3, -0.25) is 4.79 Å². The average Bonchev–Trinajstić information content (AvgIpc) is 3.15. The van der Waals surface area contributed by atoms with Crippen LogP contribution >= 0.6 is 0 Å². The monoisotopic (exact) mass is 434 g/mol. The van der Waals surface area contributed by atoms with Crippen LogP contribution in [0.2, 0.25) is 0 Å². The van der Waals surface area contributed by atoms with E-state index in [4.69, 9.17) is 4.74 Å². The van der Waals surface area contributed by atoms with E-state index in [1.54, 1.807) is 23.7 Å². The minimum absolute atomic E-state index is 0.0652. The summed E-state index contributed by atoms with van der Waals surface area (Å²) in [6, 6.07) is 7.22. The summed E-state index contributed by atoms with van der Waals surface area (Å²) in [7, 11) is -1.92. The Morgan fingerprint density at radius 1 is 1.33 bits per heavy atom. The molecule has 9 heteroatoms. The highest BCUT2D eigenvalue weighted by molar-refractivity contribution is 7.89. The van der Waals surface area contributed by atoms with Crippen LogP contribution in [0.25, 0.3) is 0 Å². The van der Waals surface area contributed by atoms with Gasteiger partial charge in [-0.15, -0.1) is 0 Å². The molecule has 0 spiro atoms. The third-order valence-corrected chi connectivity index (χ3v) is 7.11. The SMILES string of the molecule is CCN([C@@H]1CCO[C@H](c2ccc(C(=O)NC(C)C)cc2)C1)S(=O)(=O)c1cn(C)cn1. The van der Waals surface area contributed by atoms with Crippen molar-refractivity contribution in [3.8, 4) is 0 Å². The van der Waals surface area contributed by atoms with E-state index in [0.29, 0.717) is 31.6 Å². The number of rotatable bonds is 7. The minimum Gasteiger partial charge on any atom is -0.373 e. The van der Waals surface area contributed by atoms with Gasteiger partial charge in [0, 0.05) is 44.0 Å². The lowest BCUT2D eigenvalue weighted by molar-refractivity contribution is -0.0128. The number of sulfonamides is 1. The highest BCUT2D eigenvalue weighted by atomic mass is 32.2. The topological polar surface area (TPSA) is 93.5 Å². The van der Waals surface area contributed by atoms with Crippen molar-refractivity contribution in [2.75, 3.05) is 13.2 Å². The van der Waals surface area contributed by atoms with Crippen LogP contribution in [0.5, 0.6) is 0 Å². The van der Waals surface area contributed by atoms with Crippen molar-refractivity contribution >= 4 is 15.9 Å². The summed E-state index contributed by atoms with van der Waals surface area (Å²) >= 11 is 0. The minimum atomic E-state index is -3.67. The lowest BCUT2D eigenvalue weighted by Crippen LogP contribution is -2.44. The maximum Gasteiger partial charge on any atom is 0.262 e. The molecule has 1 aliphatic heterocycles. The number of hydrogen-bond donors (Lipinski definition) is 1. The summed E-state index contributed by atoms with van der Waals surface area (Å²) in [5.74, 6) is -0.113. The number of benzene rings is 1. The number of carbonyl (C=O) groups excluding carboxylic acids is 1. The number of aryl methyl sites for hydroxylation is 1. The summed E-state index contributed by atoms with van der Waals surface area (Å²) in [5.41, 5.74) is 1.53. The number of nitrogens with one attached hydrogen (secondary N) is 1. The van der Waals surface area contributed by atoms with Crippen LogP contribution in [-0.2, 0) is 21.8 Å². The molecule has 164 valence electrons. The van der Waals surface area contributed by atoms with Gasteiger partial charge in [0.25, 0.3) is 15.9 Å². The molecule has 0 bridgehead atoms. The van der Waals surface area contributed by atoms with E-state index < -0.39 is 10.0 Å². The summed E-state index contributed by atoms with van der Waals surface area (Å²) < 4.78 is 35.3. The summed E-state index contributed by atoms with van der Waals surface area (Å²) in [6.07, 6.45) is 3.97. The zero-order valence-electron chi connectivity index (χ0n) is 17.9. The van der Waals surface area contributed by atoms with Gasteiger partial charge in [0.2, 0.25) is 0 Å². The first kappa shape index (κ1) is 22.5. The Balaban J connectivity index is 1.75. The van der Waals surface area contributed by atoms with Crippen molar-refractivity contribution in [2.45, 2.75) is 56.8 Å². The van der Waals surface area contributed by atoms with Crippen LogP contribution in [0, 0.1) is 0 Å². The Morgan fingerprint density at radius 3 is 2.60 bits per heavy atom. The zero-order chi connectivity index (χ0) is 21.9. The smallest absolute Gasteiger partial charge is 0.262 e. The van der Waals surface area contributed by atoms with Gasteiger partial charge in [-0.2, -0.15) is 4.31 Å². The highest BCUT2D eigenvalue weighted by Crippen LogP contribution is 2.33. The van der Waals surface area contributed by atoms with Gasteiger partial charge in [-0.1, -0.05) is 19.1 Å². The van der Waals surface area contributed by atoms with Crippen LogP contribution in [0.4, 0.5) is 0 Å². The van der Waals surface area contributed by atoms with Crippen molar-refractivity contribution in [1.82, 2.24) is 19.2 Å². The number of imidazole rings is 1. The third kappa shape index (κ3) is 4.91. The summed E-state index contributed by atoms with van der Waals surface area (Å²) in [6.45, 7) is 6.51. The highest BCUT2D eigenvalue weighted by Gasteiger charge is 2.36. The Bertz CT molecular complexity index is 969. The van der Waals surface area contributed by atoms with Gasteiger partial charge in [0.15, 0.2) is 5.03 Å². The Hall–Kier alpha value is -2.23. The normalized spacial score (nSPS) is 19.9. The number of hydrogen-bond acceptors (Lipinski definition) is 5. The molecule has 1 amide bonds.